The Labute approximate surface area is 178 Å². The summed E-state index contributed by atoms with van der Waals surface area (Å²) in [6.45, 7) is 0. The van der Waals surface area contributed by atoms with E-state index in [1.54, 1.807) is 0 Å². The Bertz CT molecular complexity index is 788. The number of aromatic carboxylic acids is 1. The minimum absolute atomic E-state index is 0. The van der Waals surface area contributed by atoms with Crippen LogP contribution in [0.15, 0.2) is 24.3 Å². The molecular formula is C16H15NaO9S. The summed E-state index contributed by atoms with van der Waals surface area (Å²) in [6, 6.07) is 4.69. The molecule has 0 spiro atoms. The standard InChI is InChI=1S/C8H6O6S.C8H10O3.Na/c9-7(10)5-2-1-3-6(4-5)8(11)14-15(12)13;9-7-5-3-1-2-4-6(5)8(10)11-7;/h1-4,15H,(H,9,10);5-6H,1-4H2;/q;;+1/p-1. The van der Waals surface area contributed by atoms with E-state index in [0.717, 1.165) is 31.7 Å². The van der Waals surface area contributed by atoms with Crippen LogP contribution in [0.3, 0.4) is 0 Å². The van der Waals surface area contributed by atoms with Crippen LogP contribution in [0.4, 0.5) is 0 Å². The number of ether oxygens (including phenoxy) is 1. The third kappa shape index (κ3) is 6.42. The van der Waals surface area contributed by atoms with Gasteiger partial charge in [-0.25, -0.2) is 4.79 Å². The van der Waals surface area contributed by atoms with E-state index in [-0.39, 0.29) is 64.5 Å². The smallest absolute Gasteiger partial charge is 0.545 e. The number of carboxylic acids is 1. The van der Waals surface area contributed by atoms with Crippen LogP contribution in [-0.4, -0.2) is 32.3 Å². The number of benzene rings is 1. The Hall–Kier alpha value is -1.75. The first-order valence-corrected chi connectivity index (χ1v) is 8.82. The summed E-state index contributed by atoms with van der Waals surface area (Å²) in [7, 11) is -3.30. The third-order valence-electron chi connectivity index (χ3n) is 4.06. The summed E-state index contributed by atoms with van der Waals surface area (Å²) in [5.74, 6) is -3.38. The van der Waals surface area contributed by atoms with Crippen molar-refractivity contribution in [2.75, 3.05) is 0 Å². The van der Waals surface area contributed by atoms with E-state index in [1.165, 1.54) is 18.2 Å². The first-order valence-electron chi connectivity index (χ1n) is 7.73. The molecule has 11 heteroatoms. The second-order valence-electron chi connectivity index (χ2n) is 5.71. The van der Waals surface area contributed by atoms with Gasteiger partial charge in [0, 0.05) is 0 Å². The molecule has 0 N–H and O–H groups in total. The maximum Gasteiger partial charge on any atom is 1.00 e. The molecule has 9 nitrogen and oxygen atoms in total. The summed E-state index contributed by atoms with van der Waals surface area (Å²) in [5, 5.41) is 10.4. The van der Waals surface area contributed by atoms with Crippen molar-refractivity contribution in [2.45, 2.75) is 25.7 Å². The fraction of sp³-hybridized carbons (Fsp3) is 0.375. The van der Waals surface area contributed by atoms with Crippen molar-refractivity contribution in [1.82, 2.24) is 0 Å². The zero-order valence-electron chi connectivity index (χ0n) is 14.4. The topological polar surface area (TPSA) is 144 Å². The van der Waals surface area contributed by atoms with Crippen LogP contribution in [-0.2, 0) is 29.5 Å². The van der Waals surface area contributed by atoms with Crippen molar-refractivity contribution < 1.29 is 71.2 Å². The fourth-order valence-corrected chi connectivity index (χ4v) is 3.08. The maximum atomic E-state index is 11.0. The van der Waals surface area contributed by atoms with Crippen LogP contribution in [0.1, 0.15) is 46.4 Å². The van der Waals surface area contributed by atoms with Gasteiger partial charge in [-0.1, -0.05) is 25.0 Å². The van der Waals surface area contributed by atoms with Gasteiger partial charge in [0.1, 0.15) is 0 Å². The van der Waals surface area contributed by atoms with Gasteiger partial charge < -0.3 is 18.8 Å². The van der Waals surface area contributed by atoms with Crippen molar-refractivity contribution in [3.05, 3.63) is 35.4 Å². The Morgan fingerprint density at radius 2 is 1.56 bits per heavy atom. The molecule has 27 heavy (non-hydrogen) atoms. The molecule has 140 valence electrons. The Morgan fingerprint density at radius 3 is 2.04 bits per heavy atom. The molecule has 1 aliphatic heterocycles. The number of cyclic esters (lactones) is 2. The monoisotopic (exact) mass is 406 g/mol. The molecule has 0 radical (unpaired) electrons. The number of carbonyl (C=O) groups excluding carboxylic acids is 4. The molecule has 0 bridgehead atoms. The molecule has 2 aliphatic rings. The first-order chi connectivity index (χ1) is 12.3. The predicted octanol–water partition coefficient (Wildman–Crippen LogP) is -3.39. The maximum absolute atomic E-state index is 11.0. The van der Waals surface area contributed by atoms with E-state index in [2.05, 4.69) is 8.92 Å². The van der Waals surface area contributed by atoms with Gasteiger partial charge >= 0.3 is 58.5 Å². The Balaban J connectivity index is 0.000000270. The van der Waals surface area contributed by atoms with Gasteiger partial charge in [0.25, 0.3) is 0 Å². The summed E-state index contributed by atoms with van der Waals surface area (Å²) >= 11 is 0. The summed E-state index contributed by atoms with van der Waals surface area (Å²) < 4.78 is 28.5. The van der Waals surface area contributed by atoms with Gasteiger partial charge in [-0.2, -0.15) is 8.42 Å². The molecule has 1 heterocycles. The van der Waals surface area contributed by atoms with Crippen LogP contribution in [0.25, 0.3) is 0 Å². The molecule has 1 aromatic rings. The van der Waals surface area contributed by atoms with Gasteiger partial charge in [-0.05, 0) is 30.5 Å². The second kappa shape index (κ2) is 10.5. The average molecular weight is 406 g/mol. The van der Waals surface area contributed by atoms with Crippen molar-refractivity contribution in [1.29, 1.82) is 0 Å². The van der Waals surface area contributed by atoms with Crippen molar-refractivity contribution in [3.8, 4) is 0 Å². The molecule has 1 saturated carbocycles. The van der Waals surface area contributed by atoms with E-state index in [0.29, 0.717) is 0 Å². The van der Waals surface area contributed by atoms with Gasteiger partial charge in [0.2, 0.25) is 0 Å². The summed E-state index contributed by atoms with van der Waals surface area (Å²) in [6.07, 6.45) is 3.80. The van der Waals surface area contributed by atoms with E-state index in [1.807, 2.05) is 0 Å². The number of rotatable bonds is 3. The number of hydrogen-bond acceptors (Lipinski definition) is 9. The van der Waals surface area contributed by atoms with Crippen molar-refractivity contribution in [2.24, 2.45) is 11.8 Å². The van der Waals surface area contributed by atoms with Gasteiger partial charge in [-0.15, -0.1) is 0 Å². The minimum Gasteiger partial charge on any atom is -0.545 e. The van der Waals surface area contributed by atoms with E-state index in [9.17, 15) is 32.7 Å². The number of fused-ring (bicyclic) bond motifs is 1. The largest absolute Gasteiger partial charge is 1.00 e. The number of carboxylic acid groups (broad SMARTS) is 1. The second-order valence-corrected chi connectivity index (χ2v) is 6.34. The molecule has 1 saturated heterocycles. The fourth-order valence-electron chi connectivity index (χ4n) is 2.84. The molecule has 1 aromatic carbocycles. The number of hydrogen-bond donors (Lipinski definition) is 1. The first kappa shape index (κ1) is 23.3. The molecule has 0 amide bonds. The molecule has 2 unspecified atom stereocenters. The molecule has 1 aliphatic carbocycles. The summed E-state index contributed by atoms with van der Waals surface area (Å²) in [4.78, 5) is 43.4. The minimum atomic E-state index is -3.30. The third-order valence-corrected chi connectivity index (χ3v) is 4.38. The molecular weight excluding hydrogens is 391 g/mol. The van der Waals surface area contributed by atoms with Crippen LogP contribution in [0.5, 0.6) is 0 Å². The predicted molar refractivity (Wildman–Crippen MR) is 83.0 cm³/mol. The average Bonchev–Trinajstić information content (AvgIpc) is 2.90. The van der Waals surface area contributed by atoms with Crippen LogP contribution < -0.4 is 34.7 Å². The Kier molecular flexibility index (Phi) is 9.10. The number of carbonyl (C=O) groups is 4. The van der Waals surface area contributed by atoms with Crippen molar-refractivity contribution >= 4 is 34.9 Å². The molecule has 2 atom stereocenters. The van der Waals surface area contributed by atoms with E-state index < -0.39 is 22.9 Å². The zero-order chi connectivity index (χ0) is 19.3. The zero-order valence-corrected chi connectivity index (χ0v) is 17.3. The summed E-state index contributed by atoms with van der Waals surface area (Å²) in [5.41, 5.74) is -0.401. The van der Waals surface area contributed by atoms with Gasteiger partial charge in [0.05, 0.1) is 23.4 Å². The van der Waals surface area contributed by atoms with Crippen LogP contribution >= 0.6 is 0 Å². The van der Waals surface area contributed by atoms with E-state index >= 15 is 0 Å². The van der Waals surface area contributed by atoms with Crippen LogP contribution in [0.2, 0.25) is 0 Å². The van der Waals surface area contributed by atoms with Crippen molar-refractivity contribution in [3.63, 3.8) is 0 Å². The Morgan fingerprint density at radius 1 is 1.04 bits per heavy atom. The van der Waals surface area contributed by atoms with Crippen LogP contribution in [0, 0.1) is 11.8 Å². The molecule has 3 rings (SSSR count). The quantitative estimate of drug-likeness (QED) is 0.235. The normalized spacial score (nSPS) is 20.5. The molecule has 2 fully saturated rings. The van der Waals surface area contributed by atoms with Gasteiger partial charge in [-0.3, -0.25) is 9.59 Å². The SMILES string of the molecule is O=C([O-])c1cccc(C(=O)O[SH](=O)=O)c1.O=C1OC(=O)C2CCCCC12.[Na+]. The van der Waals surface area contributed by atoms with Gasteiger partial charge in [0.15, 0.2) is 0 Å². The number of thiol groups is 1. The molecule has 0 aromatic heterocycles. The van der Waals surface area contributed by atoms with E-state index in [4.69, 9.17) is 0 Å². The number of esters is 2.